The van der Waals surface area contributed by atoms with E-state index in [1.54, 1.807) is 13.0 Å². The molecule has 0 aliphatic heterocycles. The monoisotopic (exact) mass is 296 g/mol. The Bertz CT molecular complexity index is 647. The molecule has 1 aromatic rings. The first-order chi connectivity index (χ1) is 9.28. The lowest BCUT2D eigenvalue weighted by Gasteiger charge is -2.19. The predicted molar refractivity (Wildman–Crippen MR) is 72.5 cm³/mol. The van der Waals surface area contributed by atoms with Crippen molar-refractivity contribution in [2.24, 2.45) is 0 Å². The lowest BCUT2D eigenvalue weighted by Crippen LogP contribution is -2.36. The van der Waals surface area contributed by atoms with Gasteiger partial charge in [-0.15, -0.1) is 0 Å². The molecule has 0 saturated heterocycles. The lowest BCUT2D eigenvalue weighted by atomic mass is 10.1. The SMILES string of the molecule is Cc1ccc(S(=O)(=O)N(CCC#N)CC(=O)O)cc1C. The van der Waals surface area contributed by atoms with Crippen molar-refractivity contribution in [3.63, 3.8) is 0 Å². The summed E-state index contributed by atoms with van der Waals surface area (Å²) in [6, 6.07) is 6.44. The molecule has 0 radical (unpaired) electrons. The molecule has 1 aromatic carbocycles. The van der Waals surface area contributed by atoms with Crippen molar-refractivity contribution in [2.45, 2.75) is 25.2 Å². The number of rotatable bonds is 6. The van der Waals surface area contributed by atoms with Gasteiger partial charge in [-0.2, -0.15) is 9.57 Å². The van der Waals surface area contributed by atoms with E-state index in [1.165, 1.54) is 12.1 Å². The fraction of sp³-hybridized carbons (Fsp3) is 0.385. The number of aliphatic carboxylic acids is 1. The summed E-state index contributed by atoms with van der Waals surface area (Å²) in [5, 5.41) is 17.4. The van der Waals surface area contributed by atoms with Gasteiger partial charge in [0.15, 0.2) is 0 Å². The minimum Gasteiger partial charge on any atom is -0.480 e. The summed E-state index contributed by atoms with van der Waals surface area (Å²) in [5.41, 5.74) is 1.76. The number of hydrogen-bond donors (Lipinski definition) is 1. The maximum atomic E-state index is 12.4. The number of carboxylic acid groups (broad SMARTS) is 1. The van der Waals surface area contributed by atoms with Gasteiger partial charge in [-0.05, 0) is 37.1 Å². The molecular formula is C13H16N2O4S. The molecule has 0 aromatic heterocycles. The second-order valence-electron chi connectivity index (χ2n) is 4.39. The summed E-state index contributed by atoms with van der Waals surface area (Å²) in [6.07, 6.45) is -0.0582. The number of carboxylic acids is 1. The molecule has 0 amide bonds. The van der Waals surface area contributed by atoms with Gasteiger partial charge < -0.3 is 5.11 Å². The lowest BCUT2D eigenvalue weighted by molar-refractivity contribution is -0.137. The van der Waals surface area contributed by atoms with Crippen molar-refractivity contribution in [1.82, 2.24) is 4.31 Å². The van der Waals surface area contributed by atoms with Crippen molar-refractivity contribution in [3.05, 3.63) is 29.3 Å². The average Bonchev–Trinajstić information content (AvgIpc) is 2.37. The van der Waals surface area contributed by atoms with E-state index in [9.17, 15) is 13.2 Å². The first-order valence-electron chi connectivity index (χ1n) is 5.95. The summed E-state index contributed by atoms with van der Waals surface area (Å²) in [5.74, 6) is -1.25. The number of aryl methyl sites for hydroxylation is 2. The van der Waals surface area contributed by atoms with Crippen LogP contribution >= 0.6 is 0 Å². The Balaban J connectivity index is 3.17. The van der Waals surface area contributed by atoms with Gasteiger partial charge in [0, 0.05) is 13.0 Å². The molecule has 0 atom stereocenters. The summed E-state index contributed by atoms with van der Waals surface area (Å²) in [6.45, 7) is 2.84. The highest BCUT2D eigenvalue weighted by Gasteiger charge is 2.26. The largest absolute Gasteiger partial charge is 0.480 e. The second-order valence-corrected chi connectivity index (χ2v) is 6.32. The quantitative estimate of drug-likeness (QED) is 0.853. The number of nitriles is 1. The molecule has 20 heavy (non-hydrogen) atoms. The van der Waals surface area contributed by atoms with E-state index in [1.807, 2.05) is 13.0 Å². The Kier molecular flexibility index (Phi) is 5.25. The zero-order chi connectivity index (χ0) is 15.3. The maximum Gasteiger partial charge on any atom is 0.318 e. The molecule has 108 valence electrons. The van der Waals surface area contributed by atoms with Crippen LogP contribution < -0.4 is 0 Å². The van der Waals surface area contributed by atoms with Crippen LogP contribution in [0, 0.1) is 25.2 Å². The average molecular weight is 296 g/mol. The van der Waals surface area contributed by atoms with Crippen LogP contribution in [0.3, 0.4) is 0 Å². The summed E-state index contributed by atoms with van der Waals surface area (Å²) < 4.78 is 25.6. The van der Waals surface area contributed by atoms with E-state index in [0.29, 0.717) is 0 Å². The van der Waals surface area contributed by atoms with E-state index < -0.39 is 22.5 Å². The zero-order valence-corrected chi connectivity index (χ0v) is 12.1. The van der Waals surface area contributed by atoms with Crippen molar-refractivity contribution in [1.29, 1.82) is 5.26 Å². The molecule has 1 N–H and O–H groups in total. The van der Waals surface area contributed by atoms with Gasteiger partial charge in [-0.25, -0.2) is 8.42 Å². The van der Waals surface area contributed by atoms with Crippen LogP contribution in [0.2, 0.25) is 0 Å². The van der Waals surface area contributed by atoms with Gasteiger partial charge >= 0.3 is 5.97 Å². The molecule has 0 aliphatic carbocycles. The Morgan fingerprint density at radius 3 is 2.50 bits per heavy atom. The Labute approximate surface area is 118 Å². The first kappa shape index (κ1) is 16.1. The molecule has 0 spiro atoms. The van der Waals surface area contributed by atoms with E-state index >= 15 is 0 Å². The first-order valence-corrected chi connectivity index (χ1v) is 7.39. The zero-order valence-electron chi connectivity index (χ0n) is 11.3. The molecule has 0 unspecified atom stereocenters. The second kappa shape index (κ2) is 6.50. The third-order valence-electron chi connectivity index (χ3n) is 2.90. The molecule has 0 aliphatic rings. The number of carbonyl (C=O) groups is 1. The Morgan fingerprint density at radius 1 is 1.35 bits per heavy atom. The van der Waals surface area contributed by atoms with Crippen molar-refractivity contribution in [2.75, 3.05) is 13.1 Å². The molecule has 0 saturated carbocycles. The summed E-state index contributed by atoms with van der Waals surface area (Å²) >= 11 is 0. The van der Waals surface area contributed by atoms with Crippen LogP contribution in [0.25, 0.3) is 0 Å². The number of nitrogens with zero attached hydrogens (tertiary/aromatic N) is 2. The topological polar surface area (TPSA) is 98.5 Å². The van der Waals surface area contributed by atoms with Gasteiger partial charge in [-0.1, -0.05) is 6.07 Å². The number of benzene rings is 1. The summed E-state index contributed by atoms with van der Waals surface area (Å²) in [7, 11) is -3.91. The highest BCUT2D eigenvalue weighted by atomic mass is 32.2. The highest BCUT2D eigenvalue weighted by molar-refractivity contribution is 7.89. The van der Waals surface area contributed by atoms with Crippen molar-refractivity contribution >= 4 is 16.0 Å². The standard InChI is InChI=1S/C13H16N2O4S/c1-10-4-5-12(8-11(10)2)20(18,19)15(7-3-6-14)9-13(16)17/h4-5,8H,3,7,9H2,1-2H3,(H,16,17). The van der Waals surface area contributed by atoms with E-state index in [0.717, 1.165) is 15.4 Å². The molecule has 6 nitrogen and oxygen atoms in total. The van der Waals surface area contributed by atoms with Crippen LogP contribution in [0.1, 0.15) is 17.5 Å². The molecule has 7 heteroatoms. The minimum absolute atomic E-state index is 0.0415. The van der Waals surface area contributed by atoms with E-state index in [4.69, 9.17) is 10.4 Å². The number of hydrogen-bond acceptors (Lipinski definition) is 4. The molecule has 1 rings (SSSR count). The Hall–Kier alpha value is -1.91. The minimum atomic E-state index is -3.91. The van der Waals surface area contributed by atoms with E-state index in [-0.39, 0.29) is 17.9 Å². The fourth-order valence-electron chi connectivity index (χ4n) is 1.63. The molecule has 0 fully saturated rings. The van der Waals surface area contributed by atoms with Crippen LogP contribution in [0.15, 0.2) is 23.1 Å². The van der Waals surface area contributed by atoms with Crippen LogP contribution in [0.4, 0.5) is 0 Å². The van der Waals surface area contributed by atoms with Gasteiger partial charge in [0.05, 0.1) is 11.0 Å². The maximum absolute atomic E-state index is 12.4. The molecular weight excluding hydrogens is 280 g/mol. The smallest absolute Gasteiger partial charge is 0.318 e. The van der Waals surface area contributed by atoms with Crippen LogP contribution in [-0.4, -0.2) is 36.9 Å². The normalized spacial score (nSPS) is 11.3. The number of sulfonamides is 1. The molecule has 0 heterocycles. The van der Waals surface area contributed by atoms with Crippen LogP contribution in [-0.2, 0) is 14.8 Å². The van der Waals surface area contributed by atoms with E-state index in [2.05, 4.69) is 0 Å². The highest BCUT2D eigenvalue weighted by Crippen LogP contribution is 2.19. The van der Waals surface area contributed by atoms with Gasteiger partial charge in [0.1, 0.15) is 6.54 Å². The Morgan fingerprint density at radius 2 is 2.00 bits per heavy atom. The van der Waals surface area contributed by atoms with Gasteiger partial charge in [0.2, 0.25) is 10.0 Å². The van der Waals surface area contributed by atoms with Crippen molar-refractivity contribution in [3.8, 4) is 6.07 Å². The predicted octanol–water partition coefficient (Wildman–Crippen LogP) is 1.29. The summed E-state index contributed by atoms with van der Waals surface area (Å²) in [4.78, 5) is 10.8. The third kappa shape index (κ3) is 3.79. The van der Waals surface area contributed by atoms with Crippen molar-refractivity contribution < 1.29 is 18.3 Å². The van der Waals surface area contributed by atoms with Crippen LogP contribution in [0.5, 0.6) is 0 Å². The molecule has 0 bridgehead atoms. The van der Waals surface area contributed by atoms with Gasteiger partial charge in [0.25, 0.3) is 0 Å². The third-order valence-corrected chi connectivity index (χ3v) is 4.74. The fourth-order valence-corrected chi connectivity index (χ4v) is 3.11. The van der Waals surface area contributed by atoms with Gasteiger partial charge in [-0.3, -0.25) is 4.79 Å².